The summed E-state index contributed by atoms with van der Waals surface area (Å²) in [5.74, 6) is -0.616. The fraction of sp³-hybridized carbons (Fsp3) is 0.538. The molecule has 0 aliphatic carbocycles. The Labute approximate surface area is 117 Å². The molecule has 0 aliphatic heterocycles. The average Bonchev–Trinajstić information content (AvgIpc) is 2.37. The highest BCUT2D eigenvalue weighted by atomic mass is 19.4. The minimum Gasteiger partial charge on any atom is -0.388 e. The smallest absolute Gasteiger partial charge is 0.388 e. The first kappa shape index (κ1) is 17.8. The predicted molar refractivity (Wildman–Crippen MR) is 64.2 cm³/mol. The van der Waals surface area contributed by atoms with Crippen molar-refractivity contribution in [2.24, 2.45) is 11.7 Å². The highest BCUT2D eigenvalue weighted by molar-refractivity contribution is 5.35. The Kier molecular flexibility index (Phi) is 5.27. The lowest BCUT2D eigenvalue weighted by Gasteiger charge is -2.22. The fourth-order valence-corrected chi connectivity index (χ4v) is 1.94. The molecule has 0 bridgehead atoms. The maximum absolute atomic E-state index is 12.7. The van der Waals surface area contributed by atoms with Crippen molar-refractivity contribution in [3.63, 3.8) is 0 Å². The Morgan fingerprint density at radius 1 is 1.00 bits per heavy atom. The summed E-state index contributed by atoms with van der Waals surface area (Å²) in [6, 6.07) is 1.08. The number of benzene rings is 1. The van der Waals surface area contributed by atoms with Crippen molar-refractivity contribution in [3.05, 3.63) is 34.9 Å². The Hall–Kier alpha value is -1.28. The molecule has 120 valence electrons. The van der Waals surface area contributed by atoms with Gasteiger partial charge in [0.15, 0.2) is 0 Å². The first-order chi connectivity index (χ1) is 9.50. The van der Waals surface area contributed by atoms with Crippen molar-refractivity contribution in [2.45, 2.75) is 31.8 Å². The third kappa shape index (κ3) is 4.34. The highest BCUT2D eigenvalue weighted by Crippen LogP contribution is 2.38. The van der Waals surface area contributed by atoms with Crippen LogP contribution in [0, 0.1) is 5.92 Å². The number of hydrogen-bond acceptors (Lipinski definition) is 2. The zero-order chi connectivity index (χ0) is 16.4. The molecule has 1 aromatic rings. The van der Waals surface area contributed by atoms with Crippen molar-refractivity contribution in [1.29, 1.82) is 0 Å². The molecule has 0 aliphatic rings. The van der Waals surface area contributed by atoms with Crippen LogP contribution in [-0.4, -0.2) is 11.7 Å². The number of aliphatic hydroxyl groups is 1. The van der Waals surface area contributed by atoms with Crippen LogP contribution in [0.25, 0.3) is 0 Å². The molecule has 2 atom stereocenters. The van der Waals surface area contributed by atoms with Crippen LogP contribution in [0.1, 0.15) is 36.1 Å². The van der Waals surface area contributed by atoms with Gasteiger partial charge in [0, 0.05) is 5.92 Å². The second kappa shape index (κ2) is 6.23. The number of nitrogens with two attached hydrogens (primary N) is 1. The maximum atomic E-state index is 12.7. The Morgan fingerprint density at radius 2 is 1.43 bits per heavy atom. The molecule has 0 amide bonds. The zero-order valence-corrected chi connectivity index (χ0v) is 11.1. The van der Waals surface area contributed by atoms with E-state index in [4.69, 9.17) is 5.73 Å². The van der Waals surface area contributed by atoms with E-state index in [1.165, 1.54) is 0 Å². The van der Waals surface area contributed by atoms with E-state index >= 15 is 0 Å². The van der Waals surface area contributed by atoms with Crippen molar-refractivity contribution < 1.29 is 31.4 Å². The lowest BCUT2D eigenvalue weighted by atomic mass is 9.91. The van der Waals surface area contributed by atoms with Crippen LogP contribution in [0.3, 0.4) is 0 Å². The largest absolute Gasteiger partial charge is 0.416 e. The summed E-state index contributed by atoms with van der Waals surface area (Å²) in [6.07, 6.45) is -11.0. The van der Waals surface area contributed by atoms with Gasteiger partial charge in [-0.05, 0) is 36.7 Å². The predicted octanol–water partition coefficient (Wildman–Crippen LogP) is 3.74. The topological polar surface area (TPSA) is 46.2 Å². The number of hydrogen-bond donors (Lipinski definition) is 2. The van der Waals surface area contributed by atoms with E-state index in [0.717, 1.165) is 0 Å². The molecule has 0 spiro atoms. The van der Waals surface area contributed by atoms with Crippen LogP contribution in [0.2, 0.25) is 0 Å². The molecular formula is C13H15F6NO. The summed E-state index contributed by atoms with van der Waals surface area (Å²) in [6.45, 7) is 1.59. The summed E-state index contributed by atoms with van der Waals surface area (Å²) in [7, 11) is 0. The van der Waals surface area contributed by atoms with Gasteiger partial charge in [0.2, 0.25) is 0 Å². The van der Waals surface area contributed by atoms with Crippen molar-refractivity contribution in [3.8, 4) is 0 Å². The number of rotatable bonds is 4. The lowest BCUT2D eigenvalue weighted by Crippen LogP contribution is -2.22. The van der Waals surface area contributed by atoms with Crippen LogP contribution in [-0.2, 0) is 12.4 Å². The van der Waals surface area contributed by atoms with E-state index in [2.05, 4.69) is 0 Å². The fourth-order valence-electron chi connectivity index (χ4n) is 1.94. The van der Waals surface area contributed by atoms with Crippen LogP contribution < -0.4 is 5.73 Å². The first-order valence-corrected chi connectivity index (χ1v) is 6.18. The molecule has 2 unspecified atom stereocenters. The molecule has 8 heteroatoms. The molecule has 0 radical (unpaired) electrons. The Balaban J connectivity index is 3.38. The Morgan fingerprint density at radius 3 is 1.71 bits per heavy atom. The van der Waals surface area contributed by atoms with E-state index < -0.39 is 41.1 Å². The Bertz CT molecular complexity index is 446. The quantitative estimate of drug-likeness (QED) is 0.831. The van der Waals surface area contributed by atoms with Gasteiger partial charge in [-0.3, -0.25) is 0 Å². The summed E-state index contributed by atoms with van der Waals surface area (Å²) in [5, 5.41) is 9.95. The van der Waals surface area contributed by atoms with Crippen LogP contribution in [0.5, 0.6) is 0 Å². The van der Waals surface area contributed by atoms with E-state index in [1.54, 1.807) is 6.92 Å². The summed E-state index contributed by atoms with van der Waals surface area (Å²) in [5.41, 5.74) is 2.04. The van der Waals surface area contributed by atoms with Crippen LogP contribution in [0.4, 0.5) is 26.3 Å². The van der Waals surface area contributed by atoms with E-state index in [9.17, 15) is 31.4 Å². The molecule has 0 aromatic heterocycles. The highest BCUT2D eigenvalue weighted by Gasteiger charge is 2.37. The van der Waals surface area contributed by atoms with Crippen molar-refractivity contribution in [2.75, 3.05) is 6.54 Å². The molecule has 0 heterocycles. The van der Waals surface area contributed by atoms with Gasteiger partial charge < -0.3 is 10.8 Å². The van der Waals surface area contributed by atoms with E-state index in [0.29, 0.717) is 18.6 Å². The van der Waals surface area contributed by atoms with Gasteiger partial charge in [0.05, 0.1) is 17.2 Å². The van der Waals surface area contributed by atoms with Crippen molar-refractivity contribution >= 4 is 0 Å². The lowest BCUT2D eigenvalue weighted by molar-refractivity contribution is -0.143. The third-order valence-electron chi connectivity index (χ3n) is 3.23. The summed E-state index contributed by atoms with van der Waals surface area (Å²) >= 11 is 0. The van der Waals surface area contributed by atoms with Gasteiger partial charge in [0.1, 0.15) is 0 Å². The summed E-state index contributed by atoms with van der Waals surface area (Å²) < 4.78 is 76.1. The maximum Gasteiger partial charge on any atom is 0.416 e. The van der Waals surface area contributed by atoms with Gasteiger partial charge in [-0.1, -0.05) is 6.92 Å². The molecule has 0 saturated carbocycles. The van der Waals surface area contributed by atoms with Gasteiger partial charge in [-0.15, -0.1) is 0 Å². The monoisotopic (exact) mass is 315 g/mol. The molecule has 1 aromatic carbocycles. The molecule has 1 rings (SSSR count). The zero-order valence-electron chi connectivity index (χ0n) is 11.1. The molecule has 21 heavy (non-hydrogen) atoms. The molecule has 2 nitrogen and oxygen atoms in total. The number of halogens is 6. The normalized spacial score (nSPS) is 15.9. The third-order valence-corrected chi connectivity index (χ3v) is 3.23. The average molecular weight is 315 g/mol. The second-order valence-electron chi connectivity index (χ2n) is 4.69. The van der Waals surface area contributed by atoms with Gasteiger partial charge in [0.25, 0.3) is 0 Å². The number of aliphatic hydroxyl groups excluding tert-OH is 1. The molecular weight excluding hydrogens is 300 g/mol. The van der Waals surface area contributed by atoms with Crippen molar-refractivity contribution in [1.82, 2.24) is 0 Å². The van der Waals surface area contributed by atoms with Gasteiger partial charge in [-0.2, -0.15) is 26.3 Å². The SMILES string of the molecule is CCC(CN)C(O)c1cc(C(F)(F)F)cc(C(F)(F)F)c1. The van der Waals surface area contributed by atoms with E-state index in [1.807, 2.05) is 0 Å². The second-order valence-corrected chi connectivity index (χ2v) is 4.69. The molecule has 0 saturated heterocycles. The first-order valence-electron chi connectivity index (χ1n) is 6.18. The van der Waals surface area contributed by atoms with Gasteiger partial charge in [-0.25, -0.2) is 0 Å². The standard InChI is InChI=1S/C13H15F6NO/c1-2-7(6-20)11(21)8-3-9(12(14,15)16)5-10(4-8)13(17,18)19/h3-5,7,11,21H,2,6,20H2,1H3. The molecule has 0 fully saturated rings. The van der Waals surface area contributed by atoms with Crippen LogP contribution >= 0.6 is 0 Å². The molecule has 3 N–H and O–H groups in total. The number of alkyl halides is 6. The minimum absolute atomic E-state index is 0.0274. The minimum atomic E-state index is -4.93. The summed E-state index contributed by atoms with van der Waals surface area (Å²) in [4.78, 5) is 0. The van der Waals surface area contributed by atoms with Crippen LogP contribution in [0.15, 0.2) is 18.2 Å². The van der Waals surface area contributed by atoms with Gasteiger partial charge >= 0.3 is 12.4 Å². The van der Waals surface area contributed by atoms with E-state index in [-0.39, 0.29) is 12.6 Å².